The van der Waals surface area contributed by atoms with Gasteiger partial charge in [-0.2, -0.15) is 0 Å². The van der Waals surface area contributed by atoms with Gasteiger partial charge in [0, 0.05) is 25.4 Å². The first-order chi connectivity index (χ1) is 10.8. The van der Waals surface area contributed by atoms with E-state index < -0.39 is 48.3 Å². The van der Waals surface area contributed by atoms with Crippen molar-refractivity contribution in [1.82, 2.24) is 10.2 Å². The van der Waals surface area contributed by atoms with Gasteiger partial charge in [-0.3, -0.25) is 9.59 Å². The highest BCUT2D eigenvalue weighted by Gasteiger charge is 2.38. The van der Waals surface area contributed by atoms with Crippen LogP contribution < -0.4 is 21.3 Å². The summed E-state index contributed by atoms with van der Waals surface area (Å²) in [6.45, 7) is 0.265. The van der Waals surface area contributed by atoms with Crippen molar-refractivity contribution in [3.63, 3.8) is 0 Å². The lowest BCUT2D eigenvalue weighted by atomic mass is 10.1. The number of carboxylic acids is 2. The van der Waals surface area contributed by atoms with Crippen LogP contribution in [0.4, 0.5) is 0 Å². The van der Waals surface area contributed by atoms with Crippen LogP contribution in [0.1, 0.15) is 25.7 Å². The molecule has 1 heterocycles. The Morgan fingerprint density at radius 3 is 2.52 bits per heavy atom. The second kappa shape index (κ2) is 8.14. The number of quaternary nitrogens is 1. The maximum atomic E-state index is 12.2. The van der Waals surface area contributed by atoms with Crippen LogP contribution in [-0.4, -0.2) is 53.3 Å². The highest BCUT2D eigenvalue weighted by molar-refractivity contribution is 5.92. The first kappa shape index (κ1) is 18.4. The molecule has 0 aromatic carbocycles. The van der Waals surface area contributed by atoms with E-state index in [9.17, 15) is 29.4 Å². The summed E-state index contributed by atoms with van der Waals surface area (Å²) in [6.07, 6.45) is 5.11. The quantitative estimate of drug-likeness (QED) is 0.446. The third-order valence-corrected chi connectivity index (χ3v) is 3.52. The number of nitrogens with one attached hydrogen (secondary N) is 1. The minimum Gasteiger partial charge on any atom is -0.550 e. The van der Waals surface area contributed by atoms with Crippen molar-refractivity contribution < 1.29 is 35.1 Å². The minimum atomic E-state index is -1.51. The van der Waals surface area contributed by atoms with Crippen LogP contribution in [0.2, 0.25) is 0 Å². The molecule has 0 bridgehead atoms. The van der Waals surface area contributed by atoms with Crippen molar-refractivity contribution in [3.8, 4) is 12.3 Å². The van der Waals surface area contributed by atoms with Gasteiger partial charge in [0.15, 0.2) is 6.04 Å². The lowest BCUT2D eigenvalue weighted by Gasteiger charge is -2.27. The molecule has 0 aromatic rings. The van der Waals surface area contributed by atoms with Crippen LogP contribution >= 0.6 is 0 Å². The molecular formula is C14H18N3O6-. The van der Waals surface area contributed by atoms with E-state index in [4.69, 9.17) is 6.42 Å². The van der Waals surface area contributed by atoms with E-state index in [-0.39, 0.29) is 13.0 Å². The number of carbonyl (C=O) groups excluding carboxylic acids is 4. The average molecular weight is 324 g/mol. The second-order valence-corrected chi connectivity index (χ2v) is 5.25. The van der Waals surface area contributed by atoms with E-state index in [1.165, 1.54) is 4.90 Å². The number of hydrogen-bond acceptors (Lipinski definition) is 6. The molecular weight excluding hydrogens is 306 g/mol. The molecule has 0 spiro atoms. The topological polar surface area (TPSA) is 157 Å². The Morgan fingerprint density at radius 2 is 2.00 bits per heavy atom. The fourth-order valence-corrected chi connectivity index (χ4v) is 2.41. The SMILES string of the molecule is C#CC[C@H](NC(=O)[C@@H]1CCCN1C(=O)[C@@H]([NH3+])CC(=O)[O-])C(=O)[O-]. The Labute approximate surface area is 132 Å². The van der Waals surface area contributed by atoms with E-state index in [0.29, 0.717) is 12.8 Å². The van der Waals surface area contributed by atoms with Gasteiger partial charge in [-0.15, -0.1) is 12.3 Å². The molecule has 1 aliphatic heterocycles. The van der Waals surface area contributed by atoms with Crippen LogP contribution in [0.15, 0.2) is 0 Å². The third kappa shape index (κ3) is 4.96. The summed E-state index contributed by atoms with van der Waals surface area (Å²) in [6, 6.07) is -3.30. The molecule has 9 heteroatoms. The number of hydrogen-bond donors (Lipinski definition) is 2. The van der Waals surface area contributed by atoms with Gasteiger partial charge in [0.25, 0.3) is 5.91 Å². The first-order valence-corrected chi connectivity index (χ1v) is 7.06. The summed E-state index contributed by atoms with van der Waals surface area (Å²) in [5.41, 5.74) is 3.46. The van der Waals surface area contributed by atoms with E-state index in [1.807, 2.05) is 0 Å². The van der Waals surface area contributed by atoms with Crippen LogP contribution in [0, 0.1) is 12.3 Å². The predicted octanol–water partition coefficient (Wildman–Crippen LogP) is -5.01. The molecule has 23 heavy (non-hydrogen) atoms. The molecule has 2 amide bonds. The number of amides is 2. The van der Waals surface area contributed by atoms with Crippen molar-refractivity contribution in [2.75, 3.05) is 6.54 Å². The molecule has 0 saturated carbocycles. The zero-order valence-electron chi connectivity index (χ0n) is 12.4. The summed E-state index contributed by atoms with van der Waals surface area (Å²) >= 11 is 0. The van der Waals surface area contributed by atoms with Gasteiger partial charge in [0.1, 0.15) is 6.04 Å². The van der Waals surface area contributed by atoms with Crippen molar-refractivity contribution in [2.24, 2.45) is 0 Å². The van der Waals surface area contributed by atoms with Crippen LogP contribution in [0.5, 0.6) is 0 Å². The molecule has 1 saturated heterocycles. The normalized spacial score (nSPS) is 19.5. The number of nitrogens with zero attached hydrogens (tertiary/aromatic N) is 1. The summed E-state index contributed by atoms with van der Waals surface area (Å²) in [5.74, 6) is -2.06. The Hall–Kier alpha value is -2.60. The maximum Gasteiger partial charge on any atom is 0.281 e. The number of likely N-dealkylation sites (tertiary alicyclic amines) is 1. The first-order valence-electron chi connectivity index (χ1n) is 7.06. The fourth-order valence-electron chi connectivity index (χ4n) is 2.41. The van der Waals surface area contributed by atoms with Gasteiger partial charge in [-0.05, 0) is 12.8 Å². The molecule has 1 rings (SSSR count). The standard InChI is InChI=1S/C14H19N3O6/c1-2-4-9(14(22)23)16-12(20)10-5-3-6-17(10)13(21)8(15)7-11(18)19/h1,8-10H,3-7,15H2,(H,16,20)(H,18,19)(H,22,23)/p-1/t8-,9-,10-/m0/s1. The number of carbonyl (C=O) groups is 4. The van der Waals surface area contributed by atoms with Gasteiger partial charge in [-0.25, -0.2) is 0 Å². The number of terminal acetylenes is 1. The summed E-state index contributed by atoms with van der Waals surface area (Å²) < 4.78 is 0. The molecule has 0 radical (unpaired) electrons. The van der Waals surface area contributed by atoms with Gasteiger partial charge < -0.3 is 35.8 Å². The molecule has 4 N–H and O–H groups in total. The van der Waals surface area contributed by atoms with Crippen molar-refractivity contribution >= 4 is 23.8 Å². The number of rotatable bonds is 7. The molecule has 3 atom stereocenters. The van der Waals surface area contributed by atoms with Crippen molar-refractivity contribution in [2.45, 2.75) is 43.8 Å². The Bertz CT molecular complexity index is 541. The van der Waals surface area contributed by atoms with E-state index >= 15 is 0 Å². The minimum absolute atomic E-state index is 0.239. The molecule has 9 nitrogen and oxygen atoms in total. The largest absolute Gasteiger partial charge is 0.550 e. The van der Waals surface area contributed by atoms with Gasteiger partial charge >= 0.3 is 0 Å². The lowest BCUT2D eigenvalue weighted by Crippen LogP contribution is -2.70. The number of carboxylic acid groups (broad SMARTS) is 2. The van der Waals surface area contributed by atoms with E-state index in [0.717, 1.165) is 0 Å². The molecule has 1 fully saturated rings. The molecule has 0 aliphatic carbocycles. The lowest BCUT2D eigenvalue weighted by molar-refractivity contribution is -0.410. The Kier molecular flexibility index (Phi) is 6.53. The highest BCUT2D eigenvalue weighted by atomic mass is 16.4. The maximum absolute atomic E-state index is 12.2. The summed E-state index contributed by atoms with van der Waals surface area (Å²) in [4.78, 5) is 47.0. The zero-order chi connectivity index (χ0) is 17.6. The fraction of sp³-hybridized carbons (Fsp3) is 0.571. The van der Waals surface area contributed by atoms with Crippen LogP contribution in [0.3, 0.4) is 0 Å². The van der Waals surface area contributed by atoms with Crippen molar-refractivity contribution in [3.05, 3.63) is 0 Å². The number of aliphatic carboxylic acids is 2. The molecule has 1 aliphatic rings. The zero-order valence-corrected chi connectivity index (χ0v) is 12.4. The van der Waals surface area contributed by atoms with Crippen molar-refractivity contribution in [1.29, 1.82) is 0 Å². The van der Waals surface area contributed by atoms with Crippen LogP contribution in [0.25, 0.3) is 0 Å². The predicted molar refractivity (Wildman–Crippen MR) is 71.4 cm³/mol. The molecule has 126 valence electrons. The molecule has 0 unspecified atom stereocenters. The smallest absolute Gasteiger partial charge is 0.281 e. The third-order valence-electron chi connectivity index (χ3n) is 3.52. The van der Waals surface area contributed by atoms with Gasteiger partial charge in [-0.1, -0.05) is 0 Å². The second-order valence-electron chi connectivity index (χ2n) is 5.25. The summed E-state index contributed by atoms with van der Waals surface area (Å²) in [7, 11) is 0. The van der Waals surface area contributed by atoms with E-state index in [2.05, 4.69) is 17.0 Å². The van der Waals surface area contributed by atoms with Crippen LogP contribution in [-0.2, 0) is 19.2 Å². The summed E-state index contributed by atoms with van der Waals surface area (Å²) in [5, 5.41) is 23.7. The van der Waals surface area contributed by atoms with Gasteiger partial charge in [0.05, 0.1) is 12.0 Å². The Balaban J connectivity index is 2.76. The van der Waals surface area contributed by atoms with Gasteiger partial charge in [0.2, 0.25) is 5.91 Å². The monoisotopic (exact) mass is 324 g/mol. The average Bonchev–Trinajstić information content (AvgIpc) is 2.94. The van der Waals surface area contributed by atoms with E-state index in [1.54, 1.807) is 0 Å². The molecule has 0 aromatic heterocycles. The Morgan fingerprint density at radius 1 is 1.35 bits per heavy atom. The highest BCUT2D eigenvalue weighted by Crippen LogP contribution is 2.18.